The number of nitrogens with zero attached hydrogens (tertiary/aromatic N) is 2. The van der Waals surface area contributed by atoms with E-state index in [1.165, 1.54) is 24.0 Å². The fourth-order valence-corrected chi connectivity index (χ4v) is 5.23. The van der Waals surface area contributed by atoms with Gasteiger partial charge in [-0.2, -0.15) is 4.98 Å². The first kappa shape index (κ1) is 17.7. The van der Waals surface area contributed by atoms with Gasteiger partial charge in [-0.1, -0.05) is 72.5 Å². The number of aromatic nitrogens is 2. The average molecular weight is 405 g/mol. The van der Waals surface area contributed by atoms with E-state index >= 15 is 0 Å². The lowest BCUT2D eigenvalue weighted by atomic mass is 9.97. The largest absolute Gasteiger partial charge is 0.442 e. The predicted octanol–water partition coefficient (Wildman–Crippen LogP) is 6.52. The quantitative estimate of drug-likeness (QED) is 0.220. The van der Waals surface area contributed by atoms with E-state index in [1.807, 2.05) is 24.3 Å². The molecule has 0 aliphatic heterocycles. The van der Waals surface area contributed by atoms with Gasteiger partial charge in [0.05, 0.1) is 5.39 Å². The fraction of sp³-hybridized carbons (Fsp3) is 0.217. The Morgan fingerprint density at radius 1 is 0.964 bits per heavy atom. The molecule has 0 spiro atoms. The SMILES string of the molecule is S=c1c2c3c(oc2nc(SCc2ccccc2)n1-c1ccccc1)CCCC3. The third-order valence-electron chi connectivity index (χ3n) is 5.18. The zero-order chi connectivity index (χ0) is 18.9. The molecule has 0 saturated heterocycles. The van der Waals surface area contributed by atoms with E-state index in [-0.39, 0.29) is 0 Å². The third kappa shape index (κ3) is 3.19. The minimum absolute atomic E-state index is 0.694. The molecule has 0 amide bonds. The summed E-state index contributed by atoms with van der Waals surface area (Å²) in [6.07, 6.45) is 4.37. The van der Waals surface area contributed by atoms with Crippen molar-refractivity contribution in [1.29, 1.82) is 0 Å². The summed E-state index contributed by atoms with van der Waals surface area (Å²) in [5.74, 6) is 1.91. The minimum Gasteiger partial charge on any atom is -0.442 e. The summed E-state index contributed by atoms with van der Waals surface area (Å²) in [7, 11) is 0. The first-order chi connectivity index (χ1) is 13.8. The Morgan fingerprint density at radius 3 is 2.46 bits per heavy atom. The molecule has 4 aromatic rings. The summed E-state index contributed by atoms with van der Waals surface area (Å²) < 4.78 is 9.06. The van der Waals surface area contributed by atoms with Crippen LogP contribution in [0.25, 0.3) is 16.8 Å². The average Bonchev–Trinajstić information content (AvgIpc) is 3.12. The van der Waals surface area contributed by atoms with E-state index in [2.05, 4.69) is 41.0 Å². The van der Waals surface area contributed by atoms with E-state index in [0.717, 1.165) is 45.2 Å². The summed E-state index contributed by atoms with van der Waals surface area (Å²) >= 11 is 7.68. The van der Waals surface area contributed by atoms with Crippen LogP contribution in [0, 0.1) is 4.64 Å². The second kappa shape index (κ2) is 7.57. The van der Waals surface area contributed by atoms with Crippen LogP contribution in [0.1, 0.15) is 29.7 Å². The van der Waals surface area contributed by atoms with Crippen molar-refractivity contribution < 1.29 is 4.42 Å². The van der Waals surface area contributed by atoms with E-state index in [0.29, 0.717) is 5.71 Å². The third-order valence-corrected chi connectivity index (χ3v) is 6.58. The Morgan fingerprint density at radius 2 is 1.68 bits per heavy atom. The summed E-state index contributed by atoms with van der Waals surface area (Å²) in [6, 6.07) is 20.7. The van der Waals surface area contributed by atoms with E-state index in [4.69, 9.17) is 21.6 Å². The number of hydrogen-bond acceptors (Lipinski definition) is 4. The van der Waals surface area contributed by atoms with Crippen molar-refractivity contribution in [3.05, 3.63) is 82.2 Å². The molecule has 1 aliphatic rings. The second-order valence-electron chi connectivity index (χ2n) is 7.04. The Bertz CT molecular complexity index is 1180. The smallest absolute Gasteiger partial charge is 0.231 e. The Kier molecular flexibility index (Phi) is 4.79. The summed E-state index contributed by atoms with van der Waals surface area (Å²) in [4.78, 5) is 4.93. The molecule has 2 aromatic heterocycles. The van der Waals surface area contributed by atoms with Crippen molar-refractivity contribution in [2.45, 2.75) is 36.6 Å². The van der Waals surface area contributed by atoms with Crippen LogP contribution < -0.4 is 0 Å². The molecule has 140 valence electrons. The van der Waals surface area contributed by atoms with Crippen molar-refractivity contribution in [1.82, 2.24) is 9.55 Å². The van der Waals surface area contributed by atoms with Crippen molar-refractivity contribution >= 4 is 35.1 Å². The molecule has 28 heavy (non-hydrogen) atoms. The molecule has 3 nitrogen and oxygen atoms in total. The van der Waals surface area contributed by atoms with Crippen molar-refractivity contribution in [2.24, 2.45) is 0 Å². The number of furan rings is 1. The topological polar surface area (TPSA) is 31.0 Å². The Labute approximate surface area is 173 Å². The van der Waals surface area contributed by atoms with Gasteiger partial charge in [-0.25, -0.2) is 0 Å². The summed E-state index contributed by atoms with van der Waals surface area (Å²) in [5.41, 5.74) is 4.27. The number of benzene rings is 2. The highest BCUT2D eigenvalue weighted by Gasteiger charge is 2.22. The fourth-order valence-electron chi connectivity index (χ4n) is 3.81. The molecule has 0 saturated carbocycles. The lowest BCUT2D eigenvalue weighted by molar-refractivity contribution is 0.497. The van der Waals surface area contributed by atoms with Gasteiger partial charge < -0.3 is 4.42 Å². The van der Waals surface area contributed by atoms with Gasteiger partial charge >= 0.3 is 0 Å². The van der Waals surface area contributed by atoms with Crippen LogP contribution in [0.5, 0.6) is 0 Å². The lowest BCUT2D eigenvalue weighted by Gasteiger charge is -2.14. The molecule has 2 aromatic carbocycles. The van der Waals surface area contributed by atoms with Gasteiger partial charge in [-0.3, -0.25) is 4.57 Å². The van der Waals surface area contributed by atoms with Gasteiger partial charge in [-0.05, 0) is 37.0 Å². The highest BCUT2D eigenvalue weighted by atomic mass is 32.2. The van der Waals surface area contributed by atoms with Crippen molar-refractivity contribution in [2.75, 3.05) is 0 Å². The predicted molar refractivity (Wildman–Crippen MR) is 117 cm³/mol. The first-order valence-electron chi connectivity index (χ1n) is 9.61. The molecule has 0 fully saturated rings. The van der Waals surface area contributed by atoms with Gasteiger partial charge in [0.2, 0.25) is 5.71 Å². The zero-order valence-electron chi connectivity index (χ0n) is 15.4. The normalized spacial score (nSPS) is 13.6. The van der Waals surface area contributed by atoms with Crippen molar-refractivity contribution in [3.8, 4) is 5.69 Å². The number of para-hydroxylation sites is 1. The lowest BCUT2D eigenvalue weighted by Crippen LogP contribution is -2.05. The van der Waals surface area contributed by atoms with Gasteiger partial charge in [0.1, 0.15) is 10.4 Å². The van der Waals surface area contributed by atoms with Crippen LogP contribution >= 0.6 is 24.0 Å². The monoisotopic (exact) mass is 404 g/mol. The van der Waals surface area contributed by atoms with E-state index in [1.54, 1.807) is 11.8 Å². The number of aryl methyl sites for hydroxylation is 2. The van der Waals surface area contributed by atoms with Gasteiger partial charge in [0.15, 0.2) is 5.16 Å². The number of rotatable bonds is 4. The molecule has 1 aliphatic carbocycles. The first-order valence-corrected chi connectivity index (χ1v) is 11.0. The van der Waals surface area contributed by atoms with Gasteiger partial charge in [-0.15, -0.1) is 0 Å². The maximum absolute atomic E-state index is 6.15. The summed E-state index contributed by atoms with van der Waals surface area (Å²) in [5, 5.41) is 1.90. The Hall–Kier alpha value is -2.37. The molecule has 0 atom stereocenters. The highest BCUT2D eigenvalue weighted by molar-refractivity contribution is 7.98. The molecular weight excluding hydrogens is 384 g/mol. The molecule has 0 unspecified atom stereocenters. The van der Waals surface area contributed by atoms with Crippen LogP contribution in [0.2, 0.25) is 0 Å². The van der Waals surface area contributed by atoms with Gasteiger partial charge in [0.25, 0.3) is 0 Å². The van der Waals surface area contributed by atoms with Crippen molar-refractivity contribution in [3.63, 3.8) is 0 Å². The van der Waals surface area contributed by atoms with Crippen LogP contribution in [0.4, 0.5) is 0 Å². The van der Waals surface area contributed by atoms with Crippen LogP contribution in [0.3, 0.4) is 0 Å². The second-order valence-corrected chi connectivity index (χ2v) is 8.37. The minimum atomic E-state index is 0.694. The molecule has 0 radical (unpaired) electrons. The number of fused-ring (bicyclic) bond motifs is 3. The zero-order valence-corrected chi connectivity index (χ0v) is 17.1. The number of hydrogen-bond donors (Lipinski definition) is 0. The van der Waals surface area contributed by atoms with Crippen LogP contribution in [-0.4, -0.2) is 9.55 Å². The molecule has 0 bridgehead atoms. The maximum Gasteiger partial charge on any atom is 0.231 e. The molecule has 0 N–H and O–H groups in total. The van der Waals surface area contributed by atoms with Gasteiger partial charge in [0, 0.05) is 23.4 Å². The van der Waals surface area contributed by atoms with E-state index < -0.39 is 0 Å². The summed E-state index contributed by atoms with van der Waals surface area (Å²) in [6.45, 7) is 0. The van der Waals surface area contributed by atoms with E-state index in [9.17, 15) is 0 Å². The molecular formula is C23H20N2OS2. The standard InChI is InChI=1S/C23H20N2OS2/c27-22-20-18-13-7-8-14-19(18)26-21(20)24-23(25(22)17-11-5-2-6-12-17)28-15-16-9-3-1-4-10-16/h1-6,9-12H,7-8,13-15H2. The highest BCUT2D eigenvalue weighted by Crippen LogP contribution is 2.35. The Balaban J connectivity index is 1.68. The number of thioether (sulfide) groups is 1. The molecule has 2 heterocycles. The molecule has 5 rings (SSSR count). The van der Waals surface area contributed by atoms with Crippen LogP contribution in [0.15, 0.2) is 70.2 Å². The maximum atomic E-state index is 6.15. The molecule has 5 heteroatoms. The van der Waals surface area contributed by atoms with Crippen LogP contribution in [-0.2, 0) is 18.6 Å².